The van der Waals surface area contributed by atoms with Crippen molar-refractivity contribution in [1.29, 1.82) is 0 Å². The van der Waals surface area contributed by atoms with Gasteiger partial charge in [-0.15, -0.1) is 0 Å². The highest BCUT2D eigenvalue weighted by atomic mass is 16.3. The number of carbonyl (C=O) groups is 1. The SMILES string of the molecule is CC(C)(C)C(c1nc(-c2ccccc2)cn1Cc1ccccc1)N(CC(O)CN)C(=O)c1ccccc1. The number of imidazole rings is 1. The van der Waals surface area contributed by atoms with Crippen molar-refractivity contribution in [3.8, 4) is 11.3 Å². The summed E-state index contributed by atoms with van der Waals surface area (Å²) >= 11 is 0. The first-order chi connectivity index (χ1) is 17.8. The van der Waals surface area contributed by atoms with Crippen molar-refractivity contribution < 1.29 is 9.90 Å². The molecular formula is C31H36N4O2. The van der Waals surface area contributed by atoms with Crippen LogP contribution in [0.3, 0.4) is 0 Å². The van der Waals surface area contributed by atoms with Gasteiger partial charge in [-0.05, 0) is 23.1 Å². The second kappa shape index (κ2) is 11.5. The molecule has 2 unspecified atom stereocenters. The molecule has 1 aromatic heterocycles. The molecule has 1 heterocycles. The summed E-state index contributed by atoms with van der Waals surface area (Å²) < 4.78 is 2.13. The third kappa shape index (κ3) is 6.34. The molecule has 6 nitrogen and oxygen atoms in total. The van der Waals surface area contributed by atoms with Crippen molar-refractivity contribution in [3.05, 3.63) is 114 Å². The molecule has 0 saturated carbocycles. The lowest BCUT2D eigenvalue weighted by Crippen LogP contribution is -2.47. The molecule has 0 spiro atoms. The van der Waals surface area contributed by atoms with Crippen molar-refractivity contribution in [1.82, 2.24) is 14.5 Å². The van der Waals surface area contributed by atoms with Gasteiger partial charge in [0.05, 0.1) is 17.8 Å². The summed E-state index contributed by atoms with van der Waals surface area (Å²) in [7, 11) is 0. The minimum Gasteiger partial charge on any atom is -0.390 e. The van der Waals surface area contributed by atoms with Crippen LogP contribution >= 0.6 is 0 Å². The van der Waals surface area contributed by atoms with E-state index in [0.717, 1.165) is 22.6 Å². The fourth-order valence-electron chi connectivity index (χ4n) is 4.65. The van der Waals surface area contributed by atoms with E-state index in [9.17, 15) is 9.90 Å². The number of aliphatic hydroxyl groups excluding tert-OH is 1. The van der Waals surface area contributed by atoms with Crippen LogP contribution in [-0.4, -0.2) is 44.7 Å². The molecular weight excluding hydrogens is 460 g/mol. The van der Waals surface area contributed by atoms with Crippen LogP contribution < -0.4 is 5.73 Å². The van der Waals surface area contributed by atoms with Crippen LogP contribution in [0.4, 0.5) is 0 Å². The maximum absolute atomic E-state index is 13.9. The molecule has 0 bridgehead atoms. The minimum absolute atomic E-state index is 0.0587. The van der Waals surface area contributed by atoms with Crippen molar-refractivity contribution in [2.24, 2.45) is 11.1 Å². The monoisotopic (exact) mass is 496 g/mol. The Morgan fingerprint density at radius 1 is 0.946 bits per heavy atom. The average Bonchev–Trinajstić information content (AvgIpc) is 3.31. The van der Waals surface area contributed by atoms with Gasteiger partial charge in [-0.3, -0.25) is 4.79 Å². The summed E-state index contributed by atoms with van der Waals surface area (Å²) in [5, 5.41) is 10.6. The molecule has 0 saturated heterocycles. The van der Waals surface area contributed by atoms with Crippen molar-refractivity contribution in [2.75, 3.05) is 13.1 Å². The quantitative estimate of drug-likeness (QED) is 0.336. The van der Waals surface area contributed by atoms with Crippen LogP contribution in [-0.2, 0) is 6.54 Å². The molecule has 2 atom stereocenters. The van der Waals surface area contributed by atoms with Gasteiger partial charge >= 0.3 is 0 Å². The van der Waals surface area contributed by atoms with Gasteiger partial charge in [-0.1, -0.05) is 99.6 Å². The van der Waals surface area contributed by atoms with E-state index < -0.39 is 17.6 Å². The van der Waals surface area contributed by atoms with Gasteiger partial charge in [0.1, 0.15) is 5.82 Å². The lowest BCUT2D eigenvalue weighted by Gasteiger charge is -2.40. The molecule has 0 fully saturated rings. The number of nitrogens with two attached hydrogens (primary N) is 1. The van der Waals surface area contributed by atoms with Crippen LogP contribution in [0.25, 0.3) is 11.3 Å². The minimum atomic E-state index is -0.858. The lowest BCUT2D eigenvalue weighted by molar-refractivity contribution is 0.0296. The van der Waals surface area contributed by atoms with Crippen LogP contribution in [0.5, 0.6) is 0 Å². The Morgan fingerprint density at radius 3 is 2.08 bits per heavy atom. The van der Waals surface area contributed by atoms with Gasteiger partial charge in [-0.25, -0.2) is 4.98 Å². The molecule has 1 amide bonds. The third-order valence-corrected chi connectivity index (χ3v) is 6.41. The number of aromatic nitrogens is 2. The molecule has 37 heavy (non-hydrogen) atoms. The Kier molecular flexibility index (Phi) is 8.21. The summed E-state index contributed by atoms with van der Waals surface area (Å²) in [5.41, 5.74) is 8.96. The van der Waals surface area contributed by atoms with Crippen LogP contribution in [0.2, 0.25) is 0 Å². The Balaban J connectivity index is 1.88. The summed E-state index contributed by atoms with van der Waals surface area (Å²) in [4.78, 5) is 20.8. The largest absolute Gasteiger partial charge is 0.390 e. The maximum Gasteiger partial charge on any atom is 0.254 e. The second-order valence-corrected chi connectivity index (χ2v) is 10.4. The normalized spacial score (nSPS) is 13.2. The fourth-order valence-corrected chi connectivity index (χ4v) is 4.65. The zero-order chi connectivity index (χ0) is 26.4. The fraction of sp³-hybridized carbons (Fsp3) is 0.290. The molecule has 0 aliphatic heterocycles. The Bertz CT molecular complexity index is 1280. The lowest BCUT2D eigenvalue weighted by atomic mass is 9.84. The number of carbonyl (C=O) groups excluding carboxylic acids is 1. The van der Waals surface area contributed by atoms with E-state index >= 15 is 0 Å². The van der Waals surface area contributed by atoms with Crippen LogP contribution in [0.1, 0.15) is 48.6 Å². The Labute approximate surface area is 219 Å². The summed E-state index contributed by atoms with van der Waals surface area (Å²) in [6, 6.07) is 29.0. The van der Waals surface area contributed by atoms with E-state index in [4.69, 9.17) is 10.7 Å². The predicted octanol–water partition coefficient (Wildman–Crippen LogP) is 5.15. The highest BCUT2D eigenvalue weighted by Gasteiger charge is 2.39. The molecule has 192 valence electrons. The number of hydrogen-bond donors (Lipinski definition) is 2. The number of aliphatic hydroxyl groups is 1. The van der Waals surface area contributed by atoms with E-state index in [1.807, 2.05) is 66.7 Å². The zero-order valence-electron chi connectivity index (χ0n) is 21.8. The zero-order valence-corrected chi connectivity index (χ0v) is 21.8. The van der Waals surface area contributed by atoms with Gasteiger partial charge in [0.15, 0.2) is 0 Å². The summed E-state index contributed by atoms with van der Waals surface area (Å²) in [6.07, 6.45) is 1.20. The van der Waals surface area contributed by atoms with Gasteiger partial charge in [-0.2, -0.15) is 0 Å². The standard InChI is InChI=1S/C31H36N4O2/c1-31(2,3)28(35(21-26(36)19-32)30(37)25-17-11-6-12-18-25)29-33-27(24-15-9-5-10-16-24)22-34(29)20-23-13-7-4-8-14-23/h4-18,22,26,28,36H,19-21,32H2,1-3H3. The average molecular weight is 497 g/mol. The van der Waals surface area contributed by atoms with E-state index in [2.05, 4.69) is 43.7 Å². The molecule has 3 aromatic carbocycles. The Hall–Kier alpha value is -3.74. The number of amides is 1. The first-order valence-corrected chi connectivity index (χ1v) is 12.7. The van der Waals surface area contributed by atoms with Gasteiger partial charge in [0, 0.05) is 37.0 Å². The van der Waals surface area contributed by atoms with Crippen molar-refractivity contribution >= 4 is 5.91 Å². The van der Waals surface area contributed by atoms with Crippen LogP contribution in [0, 0.1) is 5.41 Å². The smallest absolute Gasteiger partial charge is 0.254 e. The molecule has 4 rings (SSSR count). The first-order valence-electron chi connectivity index (χ1n) is 12.7. The van der Waals surface area contributed by atoms with Crippen molar-refractivity contribution in [2.45, 2.75) is 39.5 Å². The number of hydrogen-bond acceptors (Lipinski definition) is 4. The Morgan fingerprint density at radius 2 is 1.51 bits per heavy atom. The van der Waals surface area contributed by atoms with E-state index in [1.165, 1.54) is 0 Å². The summed E-state index contributed by atoms with van der Waals surface area (Å²) in [6.45, 7) is 7.06. The first kappa shape index (κ1) is 26.3. The number of benzene rings is 3. The molecule has 4 aromatic rings. The summed E-state index contributed by atoms with van der Waals surface area (Å²) in [5.74, 6) is 0.604. The van der Waals surface area contributed by atoms with Crippen molar-refractivity contribution in [3.63, 3.8) is 0 Å². The van der Waals surface area contributed by atoms with Gasteiger partial charge < -0.3 is 20.3 Å². The molecule has 0 aliphatic carbocycles. The molecule has 6 heteroatoms. The highest BCUT2D eigenvalue weighted by Crippen LogP contribution is 2.40. The second-order valence-electron chi connectivity index (χ2n) is 10.4. The molecule has 0 radical (unpaired) electrons. The van der Waals surface area contributed by atoms with E-state index in [-0.39, 0.29) is 19.0 Å². The number of nitrogens with zero attached hydrogens (tertiary/aromatic N) is 3. The maximum atomic E-state index is 13.9. The van der Waals surface area contributed by atoms with E-state index in [1.54, 1.807) is 17.0 Å². The van der Waals surface area contributed by atoms with Gasteiger partial charge in [0.2, 0.25) is 0 Å². The topological polar surface area (TPSA) is 84.4 Å². The molecule has 3 N–H and O–H groups in total. The predicted molar refractivity (Wildman–Crippen MR) is 148 cm³/mol. The van der Waals surface area contributed by atoms with Crippen LogP contribution in [0.15, 0.2) is 97.2 Å². The van der Waals surface area contributed by atoms with Gasteiger partial charge in [0.25, 0.3) is 5.91 Å². The number of rotatable bonds is 9. The highest BCUT2D eigenvalue weighted by molar-refractivity contribution is 5.94. The molecule has 0 aliphatic rings. The van der Waals surface area contributed by atoms with E-state index in [0.29, 0.717) is 12.1 Å². The third-order valence-electron chi connectivity index (χ3n) is 6.41.